The predicted octanol–water partition coefficient (Wildman–Crippen LogP) is 0.624. The van der Waals surface area contributed by atoms with Crippen LogP contribution in [0.4, 0.5) is 0 Å². The Morgan fingerprint density at radius 1 is 1.29 bits per heavy atom. The fourth-order valence-electron chi connectivity index (χ4n) is 2.44. The molecule has 0 bridgehead atoms. The van der Waals surface area contributed by atoms with Gasteiger partial charge in [-0.05, 0) is 12.8 Å². The summed E-state index contributed by atoms with van der Waals surface area (Å²) in [6.45, 7) is 1.19. The van der Waals surface area contributed by atoms with Gasteiger partial charge < -0.3 is 19.4 Å². The van der Waals surface area contributed by atoms with Crippen LogP contribution in [0.15, 0.2) is 0 Å². The van der Waals surface area contributed by atoms with Crippen molar-refractivity contribution < 1.29 is 19.4 Å². The van der Waals surface area contributed by atoms with E-state index >= 15 is 0 Å². The molecule has 1 aliphatic carbocycles. The Hall–Kier alpha value is -0.450. The molecule has 2 aliphatic rings. The zero-order valence-electron chi connectivity index (χ0n) is 8.20. The summed E-state index contributed by atoms with van der Waals surface area (Å²) < 4.78 is 11.1. The van der Waals surface area contributed by atoms with E-state index in [0.29, 0.717) is 26.1 Å². The van der Waals surface area contributed by atoms with Crippen LogP contribution < -0.4 is 0 Å². The molecule has 0 amide bonds. The van der Waals surface area contributed by atoms with Gasteiger partial charge in [-0.25, -0.2) is 0 Å². The lowest BCUT2D eigenvalue weighted by Crippen LogP contribution is -2.46. The van der Waals surface area contributed by atoms with Gasteiger partial charge in [0.2, 0.25) is 0 Å². The van der Waals surface area contributed by atoms with Crippen molar-refractivity contribution >= 4 is 6.29 Å². The predicted molar refractivity (Wildman–Crippen MR) is 48.7 cm³/mol. The van der Waals surface area contributed by atoms with Crippen LogP contribution in [0.3, 0.4) is 0 Å². The molecule has 1 atom stereocenters. The van der Waals surface area contributed by atoms with E-state index in [1.165, 1.54) is 0 Å². The maximum atomic E-state index is 10.4. The van der Waals surface area contributed by atoms with Gasteiger partial charge in [0, 0.05) is 19.3 Å². The smallest absolute Gasteiger partial charge is 0.171 e. The third kappa shape index (κ3) is 1.82. The molecule has 1 saturated carbocycles. The third-order valence-electron chi connectivity index (χ3n) is 3.08. The Morgan fingerprint density at radius 2 is 2.00 bits per heavy atom. The Bertz CT molecular complexity index is 222. The van der Waals surface area contributed by atoms with Gasteiger partial charge in [0.15, 0.2) is 5.79 Å². The molecule has 1 aliphatic heterocycles. The van der Waals surface area contributed by atoms with E-state index in [1.54, 1.807) is 0 Å². The van der Waals surface area contributed by atoms with Crippen LogP contribution >= 0.6 is 0 Å². The van der Waals surface area contributed by atoms with Crippen molar-refractivity contribution in [1.29, 1.82) is 0 Å². The minimum absolute atomic E-state index is 0.182. The molecule has 0 radical (unpaired) electrons. The van der Waals surface area contributed by atoms with Gasteiger partial charge in [0.25, 0.3) is 0 Å². The number of carbonyl (C=O) groups excluding carboxylic acids is 1. The van der Waals surface area contributed by atoms with E-state index in [2.05, 4.69) is 0 Å². The number of rotatable bonds is 2. The van der Waals surface area contributed by atoms with E-state index in [-0.39, 0.29) is 6.42 Å². The molecule has 0 aromatic carbocycles. The molecule has 1 saturated heterocycles. The zero-order chi connectivity index (χ0) is 10.1. The van der Waals surface area contributed by atoms with Crippen LogP contribution in [0, 0.1) is 0 Å². The number of aldehydes is 1. The molecule has 4 nitrogen and oxygen atoms in total. The molecule has 0 aromatic heterocycles. The van der Waals surface area contributed by atoms with E-state index in [1.807, 2.05) is 0 Å². The molecule has 1 spiro atoms. The standard InChI is InChI=1S/C10H16O4/c11-5-4-9(12)2-1-3-10(8-9)13-6-7-14-10/h5,12H,1-4,6-8H2. The number of hydrogen-bond donors (Lipinski definition) is 1. The van der Waals surface area contributed by atoms with E-state index in [4.69, 9.17) is 9.47 Å². The molecular formula is C10H16O4. The van der Waals surface area contributed by atoms with Crippen molar-refractivity contribution in [2.24, 2.45) is 0 Å². The first-order chi connectivity index (χ1) is 6.68. The summed E-state index contributed by atoms with van der Waals surface area (Å²) in [6.07, 6.45) is 3.73. The van der Waals surface area contributed by atoms with Gasteiger partial charge in [-0.15, -0.1) is 0 Å². The highest BCUT2D eigenvalue weighted by molar-refractivity contribution is 5.51. The van der Waals surface area contributed by atoms with Gasteiger partial charge in [-0.1, -0.05) is 0 Å². The maximum Gasteiger partial charge on any atom is 0.171 e. The summed E-state index contributed by atoms with van der Waals surface area (Å²) in [4.78, 5) is 10.4. The fourth-order valence-corrected chi connectivity index (χ4v) is 2.44. The topological polar surface area (TPSA) is 55.8 Å². The van der Waals surface area contributed by atoms with Crippen LogP contribution in [0.25, 0.3) is 0 Å². The highest BCUT2D eigenvalue weighted by Gasteiger charge is 2.47. The molecule has 2 fully saturated rings. The average Bonchev–Trinajstić information content (AvgIpc) is 2.52. The Morgan fingerprint density at radius 3 is 2.64 bits per heavy atom. The van der Waals surface area contributed by atoms with Crippen molar-refractivity contribution in [2.45, 2.75) is 43.5 Å². The van der Waals surface area contributed by atoms with Gasteiger partial charge >= 0.3 is 0 Å². The maximum absolute atomic E-state index is 10.4. The second-order valence-electron chi connectivity index (χ2n) is 4.23. The highest BCUT2D eigenvalue weighted by Crippen LogP contribution is 2.41. The second kappa shape index (κ2) is 3.61. The molecule has 14 heavy (non-hydrogen) atoms. The first-order valence-corrected chi connectivity index (χ1v) is 5.12. The van der Waals surface area contributed by atoms with E-state index in [0.717, 1.165) is 19.1 Å². The number of ether oxygens (including phenoxy) is 2. The van der Waals surface area contributed by atoms with Crippen LogP contribution in [0.2, 0.25) is 0 Å². The lowest BCUT2D eigenvalue weighted by molar-refractivity contribution is -0.217. The van der Waals surface area contributed by atoms with Crippen molar-refractivity contribution in [1.82, 2.24) is 0 Å². The monoisotopic (exact) mass is 200 g/mol. The largest absolute Gasteiger partial charge is 0.389 e. The highest BCUT2D eigenvalue weighted by atomic mass is 16.7. The Kier molecular flexibility index (Phi) is 2.60. The van der Waals surface area contributed by atoms with E-state index < -0.39 is 11.4 Å². The average molecular weight is 200 g/mol. The third-order valence-corrected chi connectivity index (χ3v) is 3.08. The van der Waals surface area contributed by atoms with Crippen LogP contribution in [-0.4, -0.2) is 36.0 Å². The minimum atomic E-state index is -0.912. The fraction of sp³-hybridized carbons (Fsp3) is 0.900. The lowest BCUT2D eigenvalue weighted by atomic mass is 9.79. The van der Waals surface area contributed by atoms with Crippen molar-refractivity contribution in [3.05, 3.63) is 0 Å². The number of carbonyl (C=O) groups is 1. The number of hydrogen-bond acceptors (Lipinski definition) is 4. The number of aliphatic hydroxyl groups is 1. The molecule has 1 heterocycles. The molecular weight excluding hydrogens is 184 g/mol. The molecule has 2 rings (SSSR count). The Balaban J connectivity index is 2.05. The summed E-state index contributed by atoms with van der Waals surface area (Å²) in [5, 5.41) is 10.1. The molecule has 0 aromatic rings. The van der Waals surface area contributed by atoms with Crippen LogP contribution in [-0.2, 0) is 14.3 Å². The van der Waals surface area contributed by atoms with Crippen molar-refractivity contribution in [3.63, 3.8) is 0 Å². The van der Waals surface area contributed by atoms with Crippen LogP contribution in [0.1, 0.15) is 32.1 Å². The SMILES string of the molecule is O=CCC1(O)CCCC2(C1)OCCO2. The van der Waals surface area contributed by atoms with Gasteiger partial charge in [0.05, 0.1) is 18.8 Å². The summed E-state index contributed by atoms with van der Waals surface area (Å²) >= 11 is 0. The first-order valence-electron chi connectivity index (χ1n) is 5.12. The summed E-state index contributed by atoms with van der Waals surface area (Å²) in [6, 6.07) is 0. The van der Waals surface area contributed by atoms with Crippen molar-refractivity contribution in [2.75, 3.05) is 13.2 Å². The zero-order valence-corrected chi connectivity index (χ0v) is 8.20. The molecule has 4 heteroatoms. The minimum Gasteiger partial charge on any atom is -0.389 e. The second-order valence-corrected chi connectivity index (χ2v) is 4.23. The summed E-state index contributed by atoms with van der Waals surface area (Å²) in [5.41, 5.74) is -0.912. The molecule has 1 N–H and O–H groups in total. The molecule has 80 valence electrons. The Labute approximate surface area is 83.2 Å². The first kappa shape index (κ1) is 10.1. The summed E-state index contributed by atoms with van der Waals surface area (Å²) in [5.74, 6) is -0.601. The quantitative estimate of drug-likeness (QED) is 0.664. The van der Waals surface area contributed by atoms with Crippen LogP contribution in [0.5, 0.6) is 0 Å². The normalized spacial score (nSPS) is 36.1. The van der Waals surface area contributed by atoms with E-state index in [9.17, 15) is 9.90 Å². The summed E-state index contributed by atoms with van der Waals surface area (Å²) in [7, 11) is 0. The lowest BCUT2D eigenvalue weighted by Gasteiger charge is -2.40. The van der Waals surface area contributed by atoms with Gasteiger partial charge in [0.1, 0.15) is 6.29 Å². The molecule has 1 unspecified atom stereocenters. The van der Waals surface area contributed by atoms with Gasteiger partial charge in [-0.3, -0.25) is 0 Å². The van der Waals surface area contributed by atoms with Gasteiger partial charge in [-0.2, -0.15) is 0 Å². The van der Waals surface area contributed by atoms with Crippen molar-refractivity contribution in [3.8, 4) is 0 Å².